The Morgan fingerprint density at radius 2 is 1.85 bits per heavy atom. The summed E-state index contributed by atoms with van der Waals surface area (Å²) in [7, 11) is 0. The molecule has 2 N–H and O–H groups in total. The molecule has 2 rings (SSSR count). The Balaban J connectivity index is 1.84. The highest BCUT2D eigenvalue weighted by Crippen LogP contribution is 2.12. The van der Waals surface area contributed by atoms with Crippen LogP contribution in [0.1, 0.15) is 29.7 Å². The van der Waals surface area contributed by atoms with Gasteiger partial charge in [0.05, 0.1) is 6.10 Å². The highest BCUT2D eigenvalue weighted by atomic mass is 16.3. The number of benzene rings is 1. The van der Waals surface area contributed by atoms with Gasteiger partial charge in [-0.25, -0.2) is 0 Å². The highest BCUT2D eigenvalue weighted by Gasteiger charge is 2.10. The van der Waals surface area contributed by atoms with Gasteiger partial charge in [-0.1, -0.05) is 24.3 Å². The average molecular weight is 270 g/mol. The maximum absolute atomic E-state index is 10.1. The van der Waals surface area contributed by atoms with Crippen LogP contribution >= 0.6 is 0 Å². The number of pyridine rings is 1. The number of aromatic nitrogens is 1. The first kappa shape index (κ1) is 14.7. The monoisotopic (exact) mass is 270 g/mol. The van der Waals surface area contributed by atoms with Crippen LogP contribution in [0.5, 0.6) is 0 Å². The summed E-state index contributed by atoms with van der Waals surface area (Å²) in [5, 5.41) is 13.5. The third-order valence-corrected chi connectivity index (χ3v) is 3.54. The summed E-state index contributed by atoms with van der Waals surface area (Å²) in [5.41, 5.74) is 3.57. The van der Waals surface area contributed by atoms with E-state index in [4.69, 9.17) is 0 Å². The second-order valence-electron chi connectivity index (χ2n) is 5.24. The molecule has 20 heavy (non-hydrogen) atoms. The number of nitrogens with zero attached hydrogens (tertiary/aromatic N) is 1. The molecule has 0 bridgehead atoms. The predicted octanol–water partition coefficient (Wildman–Crippen LogP) is 2.64. The fraction of sp³-hybridized carbons (Fsp3) is 0.353. The number of nitrogens with one attached hydrogen (secondary N) is 1. The summed E-state index contributed by atoms with van der Waals surface area (Å²) in [5.74, 6) is 0. The van der Waals surface area contributed by atoms with Crippen LogP contribution in [0.4, 0.5) is 0 Å². The van der Waals surface area contributed by atoms with Crippen molar-refractivity contribution in [2.24, 2.45) is 0 Å². The van der Waals surface area contributed by atoms with Crippen molar-refractivity contribution in [3.8, 4) is 0 Å². The Morgan fingerprint density at radius 3 is 2.55 bits per heavy atom. The molecule has 0 aliphatic heterocycles. The first-order chi connectivity index (χ1) is 9.66. The lowest BCUT2D eigenvalue weighted by atomic mass is 10.0. The van der Waals surface area contributed by atoms with Crippen molar-refractivity contribution >= 4 is 0 Å². The topological polar surface area (TPSA) is 45.1 Å². The summed E-state index contributed by atoms with van der Waals surface area (Å²) in [6, 6.07) is 12.4. The van der Waals surface area contributed by atoms with Crippen LogP contribution in [0, 0.1) is 6.92 Å². The lowest BCUT2D eigenvalue weighted by Crippen LogP contribution is -2.32. The van der Waals surface area contributed by atoms with E-state index in [1.165, 1.54) is 11.1 Å². The van der Waals surface area contributed by atoms with Crippen molar-refractivity contribution in [1.82, 2.24) is 10.3 Å². The van der Waals surface area contributed by atoms with Crippen LogP contribution in [0.3, 0.4) is 0 Å². The first-order valence-electron chi connectivity index (χ1n) is 7.02. The third kappa shape index (κ3) is 4.15. The highest BCUT2D eigenvalue weighted by molar-refractivity contribution is 5.26. The molecule has 0 aliphatic rings. The predicted molar refractivity (Wildman–Crippen MR) is 81.5 cm³/mol. The van der Waals surface area contributed by atoms with Crippen LogP contribution in [-0.4, -0.2) is 22.7 Å². The van der Waals surface area contributed by atoms with Crippen LogP contribution < -0.4 is 5.32 Å². The average Bonchev–Trinajstić information content (AvgIpc) is 2.48. The zero-order chi connectivity index (χ0) is 14.4. The van der Waals surface area contributed by atoms with Crippen molar-refractivity contribution in [2.45, 2.75) is 32.4 Å². The van der Waals surface area contributed by atoms with Gasteiger partial charge in [0.25, 0.3) is 0 Å². The maximum Gasteiger partial charge on any atom is 0.0915 e. The fourth-order valence-electron chi connectivity index (χ4n) is 2.26. The molecule has 106 valence electrons. The first-order valence-corrected chi connectivity index (χ1v) is 7.02. The van der Waals surface area contributed by atoms with Crippen LogP contribution in [0.15, 0.2) is 48.8 Å². The Bertz CT molecular complexity index is 528. The Morgan fingerprint density at radius 1 is 1.15 bits per heavy atom. The molecule has 1 aromatic heterocycles. The lowest BCUT2D eigenvalue weighted by Gasteiger charge is -2.18. The van der Waals surface area contributed by atoms with E-state index < -0.39 is 6.10 Å². The standard InChI is InChI=1S/C17H22N2O/c1-13-5-3-4-6-16(13)11-14(2)19-12-17(20)15-7-9-18-10-8-15/h3-10,14,17,19-20H,11-12H2,1-2H3/t14-,17-/m0/s1. The lowest BCUT2D eigenvalue weighted by molar-refractivity contribution is 0.170. The van der Waals surface area contributed by atoms with E-state index in [-0.39, 0.29) is 0 Å². The summed E-state index contributed by atoms with van der Waals surface area (Å²) in [6.45, 7) is 4.83. The molecule has 0 unspecified atom stereocenters. The Kier molecular flexibility index (Phi) is 5.27. The van der Waals surface area contributed by atoms with Crippen LogP contribution in [0.2, 0.25) is 0 Å². The minimum absolute atomic E-state index is 0.326. The number of aliphatic hydroxyl groups is 1. The normalized spacial score (nSPS) is 13.9. The number of hydrogen-bond acceptors (Lipinski definition) is 3. The van der Waals surface area contributed by atoms with Gasteiger partial charge < -0.3 is 10.4 Å². The number of hydrogen-bond donors (Lipinski definition) is 2. The van der Waals surface area contributed by atoms with Gasteiger partial charge in [0, 0.05) is 25.0 Å². The molecule has 2 atom stereocenters. The van der Waals surface area contributed by atoms with Gasteiger partial charge in [0.1, 0.15) is 0 Å². The molecule has 2 aromatic rings. The van der Waals surface area contributed by atoms with E-state index >= 15 is 0 Å². The quantitative estimate of drug-likeness (QED) is 0.848. The van der Waals surface area contributed by atoms with Gasteiger partial charge >= 0.3 is 0 Å². The van der Waals surface area contributed by atoms with E-state index in [2.05, 4.69) is 48.4 Å². The number of aliphatic hydroxyl groups excluding tert-OH is 1. The molecular formula is C17H22N2O. The summed E-state index contributed by atoms with van der Waals surface area (Å²) < 4.78 is 0. The zero-order valence-corrected chi connectivity index (χ0v) is 12.1. The molecule has 0 fully saturated rings. The van der Waals surface area contributed by atoms with Gasteiger partial charge in [0.2, 0.25) is 0 Å². The maximum atomic E-state index is 10.1. The molecule has 3 nitrogen and oxygen atoms in total. The molecule has 0 saturated carbocycles. The van der Waals surface area contributed by atoms with Crippen molar-refractivity contribution < 1.29 is 5.11 Å². The molecule has 1 heterocycles. The van der Waals surface area contributed by atoms with E-state index in [9.17, 15) is 5.11 Å². The number of aryl methyl sites for hydroxylation is 1. The smallest absolute Gasteiger partial charge is 0.0915 e. The SMILES string of the molecule is Cc1ccccc1C[C@H](C)NC[C@H](O)c1ccncc1. The van der Waals surface area contributed by atoms with Crippen LogP contribution in [-0.2, 0) is 6.42 Å². The minimum Gasteiger partial charge on any atom is -0.387 e. The van der Waals surface area contributed by atoms with Gasteiger partial charge in [-0.3, -0.25) is 4.98 Å². The molecule has 0 amide bonds. The van der Waals surface area contributed by atoms with Crippen molar-refractivity contribution in [3.05, 3.63) is 65.5 Å². The van der Waals surface area contributed by atoms with Gasteiger partial charge in [0.15, 0.2) is 0 Å². The summed E-state index contributed by atoms with van der Waals surface area (Å²) in [6.07, 6.45) is 3.89. The molecule has 0 radical (unpaired) electrons. The van der Waals surface area contributed by atoms with Gasteiger partial charge in [-0.2, -0.15) is 0 Å². The summed E-state index contributed by atoms with van der Waals surface area (Å²) >= 11 is 0. The third-order valence-electron chi connectivity index (χ3n) is 3.54. The van der Waals surface area contributed by atoms with Gasteiger partial charge in [-0.05, 0) is 49.1 Å². The van der Waals surface area contributed by atoms with E-state index in [1.807, 2.05) is 12.1 Å². The number of rotatable bonds is 6. The largest absolute Gasteiger partial charge is 0.387 e. The van der Waals surface area contributed by atoms with E-state index in [0.29, 0.717) is 12.6 Å². The molecule has 3 heteroatoms. The van der Waals surface area contributed by atoms with Gasteiger partial charge in [-0.15, -0.1) is 0 Å². The molecule has 1 aromatic carbocycles. The van der Waals surface area contributed by atoms with Crippen molar-refractivity contribution in [1.29, 1.82) is 0 Å². The molecule has 0 saturated heterocycles. The minimum atomic E-state index is -0.489. The van der Waals surface area contributed by atoms with E-state index in [0.717, 1.165) is 12.0 Å². The molecular weight excluding hydrogens is 248 g/mol. The van der Waals surface area contributed by atoms with Crippen LogP contribution in [0.25, 0.3) is 0 Å². The summed E-state index contributed by atoms with van der Waals surface area (Å²) in [4.78, 5) is 3.96. The molecule has 0 spiro atoms. The van der Waals surface area contributed by atoms with Crippen molar-refractivity contribution in [2.75, 3.05) is 6.54 Å². The second kappa shape index (κ2) is 7.17. The molecule has 0 aliphatic carbocycles. The Hall–Kier alpha value is -1.71. The zero-order valence-electron chi connectivity index (χ0n) is 12.1. The fourth-order valence-corrected chi connectivity index (χ4v) is 2.26. The second-order valence-corrected chi connectivity index (χ2v) is 5.24. The van der Waals surface area contributed by atoms with E-state index in [1.54, 1.807) is 12.4 Å². The Labute approximate surface area is 120 Å². The van der Waals surface area contributed by atoms with Crippen molar-refractivity contribution in [3.63, 3.8) is 0 Å².